The largest absolute Gasteiger partial charge is 0.324 e. The molecule has 1 aliphatic rings. The second kappa shape index (κ2) is 9.66. The van der Waals surface area contributed by atoms with E-state index in [4.69, 9.17) is 16.6 Å². The number of carbonyl (C=O) groups is 1. The van der Waals surface area contributed by atoms with E-state index in [9.17, 15) is 9.18 Å². The van der Waals surface area contributed by atoms with Gasteiger partial charge in [-0.2, -0.15) is 0 Å². The molecule has 1 amide bonds. The molecule has 0 bridgehead atoms. The Morgan fingerprint density at radius 3 is 2.57 bits per heavy atom. The maximum absolute atomic E-state index is 13.1. The Kier molecular flexibility index (Phi) is 6.74. The lowest BCUT2D eigenvalue weighted by molar-refractivity contribution is -0.117. The summed E-state index contributed by atoms with van der Waals surface area (Å²) in [7, 11) is 0. The van der Waals surface area contributed by atoms with Gasteiger partial charge >= 0.3 is 0 Å². The molecule has 0 unspecified atom stereocenters. The van der Waals surface area contributed by atoms with Crippen LogP contribution in [0.1, 0.15) is 5.69 Å². The van der Waals surface area contributed by atoms with Crippen molar-refractivity contribution in [3.05, 3.63) is 70.4 Å². The molecule has 2 aromatic carbocycles. The monoisotopic (exact) mass is 444 g/mol. The molecule has 1 aliphatic heterocycles. The van der Waals surface area contributed by atoms with Crippen LogP contribution in [0.3, 0.4) is 0 Å². The van der Waals surface area contributed by atoms with Gasteiger partial charge in [0.25, 0.3) is 0 Å². The number of benzene rings is 2. The van der Waals surface area contributed by atoms with Crippen LogP contribution in [-0.2, 0) is 11.3 Å². The first-order valence-corrected chi connectivity index (χ1v) is 11.0. The van der Waals surface area contributed by atoms with E-state index < -0.39 is 5.82 Å². The number of hydrogen-bond acceptors (Lipinski definition) is 5. The Bertz CT molecular complexity index is 1010. The summed E-state index contributed by atoms with van der Waals surface area (Å²) in [6, 6.07) is 14.2. The number of nitrogens with zero attached hydrogens (tertiary/aromatic N) is 3. The molecule has 4 rings (SSSR count). The molecule has 0 saturated carbocycles. The zero-order chi connectivity index (χ0) is 20.9. The van der Waals surface area contributed by atoms with Crippen molar-refractivity contribution in [1.82, 2.24) is 14.8 Å². The van der Waals surface area contributed by atoms with E-state index >= 15 is 0 Å². The quantitative estimate of drug-likeness (QED) is 0.613. The van der Waals surface area contributed by atoms with E-state index in [1.165, 1.54) is 18.2 Å². The van der Waals surface area contributed by atoms with Crippen molar-refractivity contribution < 1.29 is 9.18 Å². The van der Waals surface area contributed by atoms with Gasteiger partial charge in [-0.25, -0.2) is 9.37 Å². The highest BCUT2D eigenvalue weighted by Gasteiger charge is 2.20. The van der Waals surface area contributed by atoms with Crippen LogP contribution in [0.4, 0.5) is 10.1 Å². The summed E-state index contributed by atoms with van der Waals surface area (Å²) >= 11 is 7.64. The number of halogens is 2. The molecular weight excluding hydrogens is 423 g/mol. The van der Waals surface area contributed by atoms with E-state index in [0.29, 0.717) is 5.69 Å². The maximum Gasteiger partial charge on any atom is 0.238 e. The fourth-order valence-corrected chi connectivity index (χ4v) is 4.44. The third kappa shape index (κ3) is 5.43. The van der Waals surface area contributed by atoms with Crippen molar-refractivity contribution in [3.8, 4) is 10.6 Å². The van der Waals surface area contributed by atoms with E-state index in [-0.39, 0.29) is 17.5 Å². The van der Waals surface area contributed by atoms with Crippen molar-refractivity contribution in [2.75, 3.05) is 38.0 Å². The van der Waals surface area contributed by atoms with Crippen LogP contribution in [0, 0.1) is 5.82 Å². The molecule has 0 aliphatic carbocycles. The average Bonchev–Trinajstić information content (AvgIpc) is 3.21. The summed E-state index contributed by atoms with van der Waals surface area (Å²) in [6.07, 6.45) is 0. The lowest BCUT2D eigenvalue weighted by Crippen LogP contribution is -2.48. The number of amides is 1. The van der Waals surface area contributed by atoms with Crippen molar-refractivity contribution in [1.29, 1.82) is 0 Å². The van der Waals surface area contributed by atoms with Gasteiger partial charge < -0.3 is 5.32 Å². The molecule has 1 saturated heterocycles. The molecule has 8 heteroatoms. The summed E-state index contributed by atoms with van der Waals surface area (Å²) in [4.78, 5) is 21.5. The summed E-state index contributed by atoms with van der Waals surface area (Å²) in [6.45, 7) is 4.47. The molecule has 0 spiro atoms. The number of carbonyl (C=O) groups excluding carboxylic acids is 1. The van der Waals surface area contributed by atoms with Crippen LogP contribution in [0.5, 0.6) is 0 Å². The molecular formula is C22H22ClFN4OS. The minimum atomic E-state index is -0.426. The smallest absolute Gasteiger partial charge is 0.238 e. The molecule has 3 aromatic rings. The van der Waals surface area contributed by atoms with Crippen LogP contribution in [-0.4, -0.2) is 53.4 Å². The van der Waals surface area contributed by atoms with Crippen LogP contribution in [0.15, 0.2) is 53.9 Å². The number of piperazine rings is 1. The molecule has 1 fully saturated rings. The SMILES string of the molecule is O=C(CN1CCN(Cc2csc(-c3ccccc3)n2)CC1)Nc1ccc(F)cc1Cl. The third-order valence-corrected chi connectivity index (χ3v) is 6.25. The van der Waals surface area contributed by atoms with E-state index in [1.807, 2.05) is 18.2 Å². The Labute approximate surface area is 184 Å². The number of thiazole rings is 1. The van der Waals surface area contributed by atoms with Crippen molar-refractivity contribution >= 4 is 34.5 Å². The third-order valence-electron chi connectivity index (χ3n) is 5.00. The minimum Gasteiger partial charge on any atom is -0.324 e. The van der Waals surface area contributed by atoms with Gasteiger partial charge in [0.2, 0.25) is 5.91 Å². The second-order valence-corrected chi connectivity index (χ2v) is 8.50. The normalized spacial score (nSPS) is 15.3. The molecule has 0 radical (unpaired) electrons. The number of anilines is 1. The molecule has 2 heterocycles. The lowest BCUT2D eigenvalue weighted by Gasteiger charge is -2.33. The highest BCUT2D eigenvalue weighted by atomic mass is 35.5. The topological polar surface area (TPSA) is 48.5 Å². The average molecular weight is 445 g/mol. The Balaban J connectivity index is 1.24. The minimum absolute atomic E-state index is 0.149. The summed E-state index contributed by atoms with van der Waals surface area (Å²) in [5, 5.41) is 6.11. The van der Waals surface area contributed by atoms with E-state index in [2.05, 4.69) is 32.6 Å². The predicted molar refractivity (Wildman–Crippen MR) is 119 cm³/mol. The summed E-state index contributed by atoms with van der Waals surface area (Å²) in [5.74, 6) is -0.575. The van der Waals surface area contributed by atoms with Crippen molar-refractivity contribution in [2.24, 2.45) is 0 Å². The molecule has 0 atom stereocenters. The second-order valence-electron chi connectivity index (χ2n) is 7.23. The Morgan fingerprint density at radius 1 is 1.10 bits per heavy atom. The first-order chi connectivity index (χ1) is 14.6. The van der Waals surface area contributed by atoms with Gasteiger partial charge in [-0.3, -0.25) is 14.6 Å². The number of aromatic nitrogens is 1. The van der Waals surface area contributed by atoms with Crippen LogP contribution >= 0.6 is 22.9 Å². The first kappa shape index (κ1) is 20.9. The summed E-state index contributed by atoms with van der Waals surface area (Å²) in [5.41, 5.74) is 2.65. The molecule has 156 valence electrons. The van der Waals surface area contributed by atoms with Gasteiger partial charge in [0, 0.05) is 43.7 Å². The Hall–Kier alpha value is -2.32. The summed E-state index contributed by atoms with van der Waals surface area (Å²) < 4.78 is 13.1. The standard InChI is InChI=1S/C22H22ClFN4OS/c23-19-12-17(24)6-7-20(19)26-21(29)14-28-10-8-27(9-11-28)13-18-15-30-22(25-18)16-4-2-1-3-5-16/h1-7,12,15H,8-11,13-14H2,(H,26,29). The number of nitrogens with one attached hydrogen (secondary N) is 1. The van der Waals surface area contributed by atoms with Gasteiger partial charge in [0.1, 0.15) is 10.8 Å². The first-order valence-electron chi connectivity index (χ1n) is 9.76. The zero-order valence-electron chi connectivity index (χ0n) is 16.4. The maximum atomic E-state index is 13.1. The van der Waals surface area contributed by atoms with Crippen molar-refractivity contribution in [2.45, 2.75) is 6.54 Å². The van der Waals surface area contributed by atoms with Gasteiger partial charge in [0.15, 0.2) is 0 Å². The van der Waals surface area contributed by atoms with Crippen molar-refractivity contribution in [3.63, 3.8) is 0 Å². The highest BCUT2D eigenvalue weighted by Crippen LogP contribution is 2.24. The van der Waals surface area contributed by atoms with E-state index in [0.717, 1.165) is 49.0 Å². The Morgan fingerprint density at radius 2 is 1.83 bits per heavy atom. The van der Waals surface area contributed by atoms with Crippen LogP contribution in [0.25, 0.3) is 10.6 Å². The lowest BCUT2D eigenvalue weighted by atomic mass is 10.2. The van der Waals surface area contributed by atoms with Gasteiger partial charge in [-0.15, -0.1) is 11.3 Å². The molecule has 5 nitrogen and oxygen atoms in total. The molecule has 1 aromatic heterocycles. The van der Waals surface area contributed by atoms with Gasteiger partial charge in [-0.05, 0) is 18.2 Å². The highest BCUT2D eigenvalue weighted by molar-refractivity contribution is 7.13. The number of hydrogen-bond donors (Lipinski definition) is 1. The molecule has 1 N–H and O–H groups in total. The molecule has 30 heavy (non-hydrogen) atoms. The van der Waals surface area contributed by atoms with Gasteiger partial charge in [0.05, 0.1) is 22.9 Å². The van der Waals surface area contributed by atoms with Crippen LogP contribution < -0.4 is 5.32 Å². The van der Waals surface area contributed by atoms with Crippen LogP contribution in [0.2, 0.25) is 5.02 Å². The van der Waals surface area contributed by atoms with Gasteiger partial charge in [-0.1, -0.05) is 41.9 Å². The fourth-order valence-electron chi connectivity index (χ4n) is 3.41. The fraction of sp³-hybridized carbons (Fsp3) is 0.273. The number of rotatable bonds is 6. The van der Waals surface area contributed by atoms with E-state index in [1.54, 1.807) is 11.3 Å². The zero-order valence-corrected chi connectivity index (χ0v) is 17.9. The predicted octanol–water partition coefficient (Wildman–Crippen LogP) is 4.36.